The Balaban J connectivity index is 1.53. The summed E-state index contributed by atoms with van der Waals surface area (Å²) >= 11 is 0. The van der Waals surface area contributed by atoms with Crippen LogP contribution in [0.5, 0.6) is 5.75 Å². The van der Waals surface area contributed by atoms with E-state index in [1.54, 1.807) is 6.33 Å². The van der Waals surface area contributed by atoms with Crippen molar-refractivity contribution < 1.29 is 9.53 Å². The number of nitrogens with zero attached hydrogens (tertiary/aromatic N) is 4. The van der Waals surface area contributed by atoms with E-state index >= 15 is 0 Å². The van der Waals surface area contributed by atoms with E-state index in [2.05, 4.69) is 32.1 Å². The molecule has 3 heterocycles. The molecule has 1 aliphatic rings. The quantitative estimate of drug-likeness (QED) is 0.720. The van der Waals surface area contributed by atoms with Crippen molar-refractivity contribution in [3.8, 4) is 17.0 Å². The van der Waals surface area contributed by atoms with Gasteiger partial charge in [0.15, 0.2) is 6.61 Å². The second-order valence-electron chi connectivity index (χ2n) is 7.29. The minimum absolute atomic E-state index is 0.0480. The Morgan fingerprint density at radius 1 is 1.21 bits per heavy atom. The fourth-order valence-corrected chi connectivity index (χ4v) is 3.46. The van der Waals surface area contributed by atoms with Gasteiger partial charge in [-0.2, -0.15) is 0 Å². The van der Waals surface area contributed by atoms with E-state index in [4.69, 9.17) is 4.74 Å². The molecule has 0 bridgehead atoms. The lowest BCUT2D eigenvalue weighted by molar-refractivity contribution is -0.118. The number of amides is 1. The monoisotopic (exact) mass is 389 g/mol. The number of carbonyl (C=O) groups is 1. The molecule has 1 aliphatic heterocycles. The number of carbonyl (C=O) groups excluding carboxylic acids is 1. The fraction of sp³-hybridized carbons (Fsp3) is 0.273. The number of aryl methyl sites for hydroxylation is 1. The highest BCUT2D eigenvalue weighted by Crippen LogP contribution is 2.36. The molecule has 7 nitrogen and oxygen atoms in total. The third-order valence-corrected chi connectivity index (χ3v) is 5.00. The number of likely N-dealkylation sites (N-methyl/N-ethyl adjacent to an activating group) is 1. The molecule has 0 radical (unpaired) electrons. The molecule has 148 valence electrons. The van der Waals surface area contributed by atoms with Crippen LogP contribution in [0.4, 0.5) is 11.5 Å². The molecular weight excluding hydrogens is 366 g/mol. The third kappa shape index (κ3) is 4.03. The summed E-state index contributed by atoms with van der Waals surface area (Å²) in [5.41, 5.74) is 4.56. The number of nitrogens with one attached hydrogen (secondary N) is 1. The van der Waals surface area contributed by atoms with E-state index in [1.165, 1.54) is 0 Å². The van der Waals surface area contributed by atoms with Gasteiger partial charge >= 0.3 is 0 Å². The van der Waals surface area contributed by atoms with Gasteiger partial charge in [-0.25, -0.2) is 9.97 Å². The molecule has 1 amide bonds. The predicted octanol–water partition coefficient (Wildman–Crippen LogP) is 3.42. The Morgan fingerprint density at radius 2 is 2.07 bits per heavy atom. The van der Waals surface area contributed by atoms with Crippen molar-refractivity contribution in [3.63, 3.8) is 0 Å². The first-order valence-electron chi connectivity index (χ1n) is 9.53. The highest BCUT2D eigenvalue weighted by Gasteiger charge is 2.22. The molecule has 0 saturated heterocycles. The summed E-state index contributed by atoms with van der Waals surface area (Å²) in [7, 11) is 2.01. The SMILES string of the molecule is Cc1ccc(-c2cc(N(C)CC(C)c3cccc4c3OCC(=O)N4)ncn2)cn1. The molecule has 29 heavy (non-hydrogen) atoms. The number of ether oxygens (including phenoxy) is 1. The molecule has 0 fully saturated rings. The summed E-state index contributed by atoms with van der Waals surface area (Å²) < 4.78 is 5.70. The molecule has 0 saturated carbocycles. The first-order chi connectivity index (χ1) is 14.0. The Hall–Kier alpha value is -3.48. The van der Waals surface area contributed by atoms with E-state index in [9.17, 15) is 4.79 Å². The Bertz CT molecular complexity index is 1040. The first-order valence-corrected chi connectivity index (χ1v) is 9.53. The largest absolute Gasteiger partial charge is 0.481 e. The molecule has 3 aromatic rings. The maximum Gasteiger partial charge on any atom is 0.262 e. The van der Waals surface area contributed by atoms with Gasteiger partial charge < -0.3 is 15.0 Å². The van der Waals surface area contributed by atoms with Gasteiger partial charge in [0.25, 0.3) is 5.91 Å². The second-order valence-corrected chi connectivity index (χ2v) is 7.29. The van der Waals surface area contributed by atoms with Gasteiger partial charge in [0, 0.05) is 48.6 Å². The van der Waals surface area contributed by atoms with Gasteiger partial charge in [-0.15, -0.1) is 0 Å². The van der Waals surface area contributed by atoms with Crippen LogP contribution in [-0.2, 0) is 4.79 Å². The fourth-order valence-electron chi connectivity index (χ4n) is 3.46. The van der Waals surface area contributed by atoms with Crippen molar-refractivity contribution in [1.82, 2.24) is 15.0 Å². The summed E-state index contributed by atoms with van der Waals surface area (Å²) in [6.45, 7) is 4.88. The lowest BCUT2D eigenvalue weighted by atomic mass is 9.98. The summed E-state index contributed by atoms with van der Waals surface area (Å²) in [6, 6.07) is 11.8. The summed E-state index contributed by atoms with van der Waals surface area (Å²) in [5, 5.41) is 2.87. The molecule has 4 rings (SSSR count). The highest BCUT2D eigenvalue weighted by atomic mass is 16.5. The molecule has 0 spiro atoms. The van der Waals surface area contributed by atoms with E-state index in [0.29, 0.717) is 0 Å². The zero-order valence-electron chi connectivity index (χ0n) is 16.7. The van der Waals surface area contributed by atoms with Crippen molar-refractivity contribution >= 4 is 17.4 Å². The van der Waals surface area contributed by atoms with Crippen LogP contribution >= 0.6 is 0 Å². The zero-order valence-corrected chi connectivity index (χ0v) is 16.7. The highest BCUT2D eigenvalue weighted by molar-refractivity contribution is 5.95. The first kappa shape index (κ1) is 18.9. The molecule has 1 unspecified atom stereocenters. The molecule has 1 aromatic carbocycles. The van der Waals surface area contributed by atoms with Crippen molar-refractivity contribution in [2.24, 2.45) is 0 Å². The van der Waals surface area contributed by atoms with Crippen LogP contribution in [0.3, 0.4) is 0 Å². The predicted molar refractivity (Wildman–Crippen MR) is 112 cm³/mol. The Morgan fingerprint density at radius 3 is 2.86 bits per heavy atom. The summed E-state index contributed by atoms with van der Waals surface area (Å²) in [5.74, 6) is 1.63. The van der Waals surface area contributed by atoms with Gasteiger partial charge in [-0.05, 0) is 25.1 Å². The number of fused-ring (bicyclic) bond motifs is 1. The number of aromatic nitrogens is 3. The van der Waals surface area contributed by atoms with E-state index < -0.39 is 0 Å². The van der Waals surface area contributed by atoms with Gasteiger partial charge in [-0.1, -0.05) is 19.1 Å². The number of pyridine rings is 1. The number of hydrogen-bond acceptors (Lipinski definition) is 6. The van der Waals surface area contributed by atoms with Crippen LogP contribution in [0.1, 0.15) is 24.1 Å². The topological polar surface area (TPSA) is 80.2 Å². The molecule has 2 aromatic heterocycles. The van der Waals surface area contributed by atoms with Crippen molar-refractivity contribution in [3.05, 3.63) is 60.2 Å². The Labute approximate surface area is 169 Å². The average molecular weight is 389 g/mol. The molecule has 7 heteroatoms. The van der Waals surface area contributed by atoms with Crippen LogP contribution in [0.2, 0.25) is 0 Å². The van der Waals surface area contributed by atoms with E-state index in [0.717, 1.165) is 46.3 Å². The van der Waals surface area contributed by atoms with Gasteiger partial charge in [0.2, 0.25) is 0 Å². The lowest BCUT2D eigenvalue weighted by Gasteiger charge is -2.27. The molecule has 1 atom stereocenters. The zero-order chi connectivity index (χ0) is 20.4. The van der Waals surface area contributed by atoms with Crippen LogP contribution in [-0.4, -0.2) is 41.1 Å². The molecule has 1 N–H and O–H groups in total. The standard InChI is InChI=1S/C22H23N5O2/c1-14(17-5-4-6-18-22(17)29-12-21(28)26-18)11-27(3)20-9-19(24-13-25-20)16-8-7-15(2)23-10-16/h4-10,13-14H,11-12H2,1-3H3,(H,26,28). The maximum absolute atomic E-state index is 11.6. The summed E-state index contributed by atoms with van der Waals surface area (Å²) in [6.07, 6.45) is 3.40. The molecule has 0 aliphatic carbocycles. The van der Waals surface area contributed by atoms with Gasteiger partial charge in [0.1, 0.15) is 17.9 Å². The van der Waals surface area contributed by atoms with E-state index in [1.807, 2.05) is 56.6 Å². The minimum atomic E-state index is -0.126. The maximum atomic E-state index is 11.6. The second kappa shape index (κ2) is 7.87. The number of hydrogen-bond donors (Lipinski definition) is 1. The number of benzene rings is 1. The minimum Gasteiger partial charge on any atom is -0.481 e. The number of para-hydroxylation sites is 1. The van der Waals surface area contributed by atoms with Crippen LogP contribution in [0.15, 0.2) is 48.9 Å². The van der Waals surface area contributed by atoms with Crippen LogP contribution < -0.4 is 15.0 Å². The van der Waals surface area contributed by atoms with Crippen molar-refractivity contribution in [2.75, 3.05) is 30.4 Å². The number of rotatable bonds is 5. The smallest absolute Gasteiger partial charge is 0.262 e. The Kier molecular flexibility index (Phi) is 5.12. The van der Waals surface area contributed by atoms with Crippen molar-refractivity contribution in [1.29, 1.82) is 0 Å². The summed E-state index contributed by atoms with van der Waals surface area (Å²) in [4.78, 5) is 26.8. The third-order valence-electron chi connectivity index (χ3n) is 5.00. The van der Waals surface area contributed by atoms with Crippen LogP contribution in [0, 0.1) is 6.92 Å². The average Bonchev–Trinajstić information content (AvgIpc) is 2.73. The van der Waals surface area contributed by atoms with Crippen molar-refractivity contribution in [2.45, 2.75) is 19.8 Å². The van der Waals surface area contributed by atoms with Gasteiger partial charge in [-0.3, -0.25) is 9.78 Å². The number of anilines is 2. The lowest BCUT2D eigenvalue weighted by Crippen LogP contribution is -2.28. The van der Waals surface area contributed by atoms with Crippen LogP contribution in [0.25, 0.3) is 11.3 Å². The molecular formula is C22H23N5O2. The van der Waals surface area contributed by atoms with E-state index in [-0.39, 0.29) is 18.4 Å². The normalized spacial score (nSPS) is 13.8. The van der Waals surface area contributed by atoms with Gasteiger partial charge in [0.05, 0.1) is 11.4 Å².